The molecule has 0 saturated heterocycles. The van der Waals surface area contributed by atoms with Crippen molar-refractivity contribution >= 4 is 46.0 Å². The van der Waals surface area contributed by atoms with Gasteiger partial charge < -0.3 is 19.6 Å². The van der Waals surface area contributed by atoms with E-state index in [4.69, 9.17) is 32.7 Å². The van der Waals surface area contributed by atoms with Crippen molar-refractivity contribution in [2.75, 3.05) is 13.7 Å². The lowest BCUT2D eigenvalue weighted by atomic mass is 9.87. The number of nitrogens with one attached hydrogen (secondary N) is 1. The summed E-state index contributed by atoms with van der Waals surface area (Å²) >= 11 is 12.5. The number of ether oxygens (including phenoxy) is 2. The second kappa shape index (κ2) is 8.86. The van der Waals surface area contributed by atoms with E-state index in [1.54, 1.807) is 43.3 Å². The number of aromatic nitrogens is 1. The molecule has 2 aromatic carbocycles. The van der Waals surface area contributed by atoms with Crippen LogP contribution in [-0.4, -0.2) is 35.7 Å². The Hall–Kier alpha value is -2.54. The first-order valence-electron chi connectivity index (χ1n) is 8.87. The number of carbonyl (C=O) groups is 2. The first-order valence-corrected chi connectivity index (χ1v) is 9.63. The maximum atomic E-state index is 12.6. The molecular weight excluding hydrogens is 417 g/mol. The Morgan fingerprint density at radius 3 is 2.48 bits per heavy atom. The summed E-state index contributed by atoms with van der Waals surface area (Å²) in [5, 5.41) is 12.3. The molecule has 3 rings (SSSR count). The third-order valence-corrected chi connectivity index (χ3v) is 5.07. The van der Waals surface area contributed by atoms with Gasteiger partial charge in [-0.25, -0.2) is 4.79 Å². The van der Waals surface area contributed by atoms with E-state index in [-0.39, 0.29) is 22.9 Å². The number of hydrogen-bond donors (Lipinski definition) is 2. The molecule has 8 heteroatoms. The molecule has 0 aliphatic heterocycles. The van der Waals surface area contributed by atoms with Gasteiger partial charge >= 0.3 is 11.9 Å². The Kier molecular flexibility index (Phi) is 6.47. The summed E-state index contributed by atoms with van der Waals surface area (Å²) in [6, 6.07) is 11.7. The molecule has 0 spiro atoms. The molecule has 29 heavy (non-hydrogen) atoms. The topological polar surface area (TPSA) is 88.6 Å². The van der Waals surface area contributed by atoms with Gasteiger partial charge in [0, 0.05) is 21.5 Å². The molecule has 0 saturated carbocycles. The summed E-state index contributed by atoms with van der Waals surface area (Å²) in [5.41, 5.74) is 1.13. The van der Waals surface area contributed by atoms with Crippen LogP contribution >= 0.6 is 23.2 Å². The Morgan fingerprint density at radius 2 is 1.86 bits per heavy atom. The fourth-order valence-electron chi connectivity index (χ4n) is 3.33. The summed E-state index contributed by atoms with van der Waals surface area (Å²) in [7, 11) is 1.24. The van der Waals surface area contributed by atoms with Gasteiger partial charge in [-0.15, -0.1) is 0 Å². The number of hydrogen-bond acceptors (Lipinski definition) is 5. The molecular formula is C21H19Cl2NO5. The van der Waals surface area contributed by atoms with Gasteiger partial charge in [0.05, 0.1) is 24.8 Å². The molecule has 0 amide bonds. The smallest absolute Gasteiger partial charge is 0.355 e. The molecule has 0 fully saturated rings. The number of H-pyrrole nitrogens is 1. The molecule has 0 radical (unpaired) electrons. The van der Waals surface area contributed by atoms with Crippen molar-refractivity contribution in [2.45, 2.75) is 18.9 Å². The van der Waals surface area contributed by atoms with E-state index < -0.39 is 24.0 Å². The minimum Gasteiger partial charge on any atom is -0.468 e. The van der Waals surface area contributed by atoms with E-state index in [2.05, 4.69) is 4.98 Å². The Balaban J connectivity index is 2.26. The largest absolute Gasteiger partial charge is 0.468 e. The third kappa shape index (κ3) is 4.10. The molecule has 2 N–H and O–H groups in total. The molecule has 0 bridgehead atoms. The quantitative estimate of drug-likeness (QED) is 0.550. The summed E-state index contributed by atoms with van der Waals surface area (Å²) in [6.07, 6.45) is -1.43. The van der Waals surface area contributed by atoms with Crippen molar-refractivity contribution in [3.05, 3.63) is 69.3 Å². The fraction of sp³-hybridized carbons (Fsp3) is 0.238. The molecule has 1 aromatic heterocycles. The Bertz CT molecular complexity index is 1050. The van der Waals surface area contributed by atoms with Crippen LogP contribution in [0.1, 0.15) is 40.6 Å². The zero-order valence-electron chi connectivity index (χ0n) is 15.7. The molecule has 1 heterocycles. The third-order valence-electron chi connectivity index (χ3n) is 4.56. The number of carbonyl (C=O) groups excluding carboxylic acids is 2. The van der Waals surface area contributed by atoms with E-state index >= 15 is 0 Å². The molecule has 2 atom stereocenters. The standard InChI is InChI=1S/C21H19Cl2NO5/c1-3-29-21(27)18-17(16-13(23)9-12(22)10-14(16)24-18)19(25)15(20(26)28-2)11-7-5-4-6-8-11/h4-10,15,19,24-25H,3H2,1-2H3. The summed E-state index contributed by atoms with van der Waals surface area (Å²) < 4.78 is 10.0. The number of aliphatic hydroxyl groups excluding tert-OH is 1. The van der Waals surface area contributed by atoms with Crippen molar-refractivity contribution < 1.29 is 24.2 Å². The number of esters is 2. The van der Waals surface area contributed by atoms with Crippen molar-refractivity contribution in [3.8, 4) is 0 Å². The lowest BCUT2D eigenvalue weighted by Crippen LogP contribution is -2.23. The number of benzene rings is 2. The predicted octanol–water partition coefficient (Wildman–Crippen LogP) is 4.64. The van der Waals surface area contributed by atoms with Crippen molar-refractivity contribution in [2.24, 2.45) is 0 Å². The maximum absolute atomic E-state index is 12.6. The molecule has 0 aliphatic carbocycles. The minimum atomic E-state index is -1.43. The number of aromatic amines is 1. The van der Waals surface area contributed by atoms with Crippen molar-refractivity contribution in [1.82, 2.24) is 4.98 Å². The van der Waals surface area contributed by atoms with Gasteiger partial charge in [-0.1, -0.05) is 53.5 Å². The van der Waals surface area contributed by atoms with Crippen LogP contribution in [0.4, 0.5) is 0 Å². The van der Waals surface area contributed by atoms with Crippen LogP contribution in [0.3, 0.4) is 0 Å². The highest BCUT2D eigenvalue weighted by Crippen LogP contribution is 2.41. The van der Waals surface area contributed by atoms with Crippen LogP contribution in [-0.2, 0) is 14.3 Å². The van der Waals surface area contributed by atoms with Crippen LogP contribution in [0.25, 0.3) is 10.9 Å². The SMILES string of the molecule is CCOC(=O)c1[nH]c2cc(Cl)cc(Cl)c2c1C(O)C(C(=O)OC)c1ccccc1. The lowest BCUT2D eigenvalue weighted by Gasteiger charge is -2.22. The second-order valence-electron chi connectivity index (χ2n) is 6.30. The molecule has 152 valence electrons. The molecule has 3 aromatic rings. The molecule has 6 nitrogen and oxygen atoms in total. The van der Waals surface area contributed by atoms with Gasteiger partial charge in [-0.3, -0.25) is 4.79 Å². The van der Waals surface area contributed by atoms with E-state index in [0.717, 1.165) is 0 Å². The highest BCUT2D eigenvalue weighted by Gasteiger charge is 2.36. The number of halogens is 2. The average Bonchev–Trinajstić information content (AvgIpc) is 3.08. The number of aliphatic hydroxyl groups is 1. The summed E-state index contributed by atoms with van der Waals surface area (Å²) in [5.74, 6) is -2.42. The van der Waals surface area contributed by atoms with E-state index in [0.29, 0.717) is 21.5 Å². The van der Waals surface area contributed by atoms with Crippen molar-refractivity contribution in [1.29, 1.82) is 0 Å². The van der Waals surface area contributed by atoms with Crippen LogP contribution in [0.2, 0.25) is 10.0 Å². The number of methoxy groups -OCH3 is 1. The zero-order valence-corrected chi connectivity index (χ0v) is 17.3. The van der Waals surface area contributed by atoms with E-state index in [1.807, 2.05) is 0 Å². The van der Waals surface area contributed by atoms with Gasteiger partial charge in [-0.05, 0) is 24.6 Å². The first-order chi connectivity index (χ1) is 13.9. The van der Waals surface area contributed by atoms with Gasteiger partial charge in [0.25, 0.3) is 0 Å². The van der Waals surface area contributed by atoms with Gasteiger partial charge in [0.15, 0.2) is 0 Å². The summed E-state index contributed by atoms with van der Waals surface area (Å²) in [6.45, 7) is 1.80. The zero-order chi connectivity index (χ0) is 21.1. The van der Waals surface area contributed by atoms with Crippen LogP contribution in [0.15, 0.2) is 42.5 Å². The molecule has 2 unspecified atom stereocenters. The Morgan fingerprint density at radius 1 is 1.17 bits per heavy atom. The van der Waals surface area contributed by atoms with E-state index in [9.17, 15) is 14.7 Å². The summed E-state index contributed by atoms with van der Waals surface area (Å²) in [4.78, 5) is 28.1. The Labute approximate surface area is 177 Å². The average molecular weight is 436 g/mol. The van der Waals surface area contributed by atoms with Gasteiger partial charge in [0.2, 0.25) is 0 Å². The highest BCUT2D eigenvalue weighted by atomic mass is 35.5. The first kappa shape index (κ1) is 21.2. The number of rotatable bonds is 6. The van der Waals surface area contributed by atoms with Gasteiger partial charge in [-0.2, -0.15) is 0 Å². The van der Waals surface area contributed by atoms with Crippen LogP contribution < -0.4 is 0 Å². The fourth-order valence-corrected chi connectivity index (χ4v) is 3.93. The minimum absolute atomic E-state index is 0.00310. The molecule has 0 aliphatic rings. The van der Waals surface area contributed by atoms with E-state index in [1.165, 1.54) is 13.2 Å². The van der Waals surface area contributed by atoms with Crippen LogP contribution in [0.5, 0.6) is 0 Å². The second-order valence-corrected chi connectivity index (χ2v) is 7.14. The maximum Gasteiger partial charge on any atom is 0.355 e. The number of fused-ring (bicyclic) bond motifs is 1. The van der Waals surface area contributed by atoms with Crippen LogP contribution in [0, 0.1) is 0 Å². The van der Waals surface area contributed by atoms with Gasteiger partial charge in [0.1, 0.15) is 11.6 Å². The predicted molar refractivity (Wildman–Crippen MR) is 110 cm³/mol. The van der Waals surface area contributed by atoms with Crippen molar-refractivity contribution in [3.63, 3.8) is 0 Å². The lowest BCUT2D eigenvalue weighted by molar-refractivity contribution is -0.145. The monoisotopic (exact) mass is 435 g/mol. The normalized spacial score (nSPS) is 13.1. The highest BCUT2D eigenvalue weighted by molar-refractivity contribution is 6.39.